The van der Waals surface area contributed by atoms with Crippen LogP contribution in [-0.2, 0) is 6.42 Å². The van der Waals surface area contributed by atoms with E-state index in [9.17, 15) is 5.11 Å². The van der Waals surface area contributed by atoms with Crippen LogP contribution >= 0.6 is 0 Å². The lowest BCUT2D eigenvalue weighted by molar-refractivity contribution is 0.191. The molecule has 1 aromatic heterocycles. The maximum absolute atomic E-state index is 9.96. The normalized spacial score (nSPS) is 18.6. The second-order valence-corrected chi connectivity index (χ2v) is 4.16. The van der Waals surface area contributed by atoms with Gasteiger partial charge in [0.05, 0.1) is 12.4 Å². The van der Waals surface area contributed by atoms with Crippen molar-refractivity contribution in [3.05, 3.63) is 35.8 Å². The Hall–Kier alpha value is -1.02. The summed E-state index contributed by atoms with van der Waals surface area (Å²) in [6.45, 7) is 0. The van der Waals surface area contributed by atoms with Gasteiger partial charge >= 0.3 is 0 Å². The van der Waals surface area contributed by atoms with Crippen molar-refractivity contribution in [3.8, 4) is 0 Å². The third-order valence-corrected chi connectivity index (χ3v) is 3.00. The molecule has 0 saturated carbocycles. The van der Waals surface area contributed by atoms with E-state index in [1.165, 1.54) is 18.4 Å². The van der Waals surface area contributed by atoms with Crippen LogP contribution in [0.3, 0.4) is 0 Å². The molecule has 0 bridgehead atoms. The van der Waals surface area contributed by atoms with Gasteiger partial charge in [0.2, 0.25) is 0 Å². The van der Waals surface area contributed by atoms with Crippen molar-refractivity contribution in [3.63, 3.8) is 0 Å². The molecule has 0 spiro atoms. The van der Waals surface area contributed by atoms with Crippen LogP contribution in [0.25, 0.3) is 0 Å². The van der Waals surface area contributed by atoms with Crippen molar-refractivity contribution < 1.29 is 9.52 Å². The van der Waals surface area contributed by atoms with Crippen LogP contribution in [0.15, 0.2) is 34.5 Å². The number of rotatable bonds is 4. The fraction of sp³-hybridized carbons (Fsp3) is 0.538. The first-order chi connectivity index (χ1) is 7.36. The van der Waals surface area contributed by atoms with Crippen molar-refractivity contribution in [1.29, 1.82) is 0 Å². The molecule has 1 atom stereocenters. The summed E-state index contributed by atoms with van der Waals surface area (Å²) in [5.74, 6) is 0.963. The Morgan fingerprint density at radius 2 is 2.33 bits per heavy atom. The summed E-state index contributed by atoms with van der Waals surface area (Å²) in [5.41, 5.74) is 1.23. The lowest BCUT2D eigenvalue weighted by Crippen LogP contribution is -2.13. The minimum atomic E-state index is -0.268. The van der Waals surface area contributed by atoms with E-state index in [2.05, 4.69) is 6.08 Å². The largest absolute Gasteiger partial charge is 0.469 e. The zero-order valence-corrected chi connectivity index (χ0v) is 8.98. The van der Waals surface area contributed by atoms with Crippen molar-refractivity contribution in [1.82, 2.24) is 0 Å². The molecule has 2 heteroatoms. The Balaban J connectivity index is 1.81. The number of aryl methyl sites for hydroxylation is 1. The molecule has 82 valence electrons. The van der Waals surface area contributed by atoms with Crippen molar-refractivity contribution >= 4 is 0 Å². The fourth-order valence-electron chi connectivity index (χ4n) is 2.08. The van der Waals surface area contributed by atoms with Gasteiger partial charge in [0.25, 0.3) is 0 Å². The Labute approximate surface area is 90.6 Å². The molecular weight excluding hydrogens is 188 g/mol. The van der Waals surface area contributed by atoms with Crippen molar-refractivity contribution in [2.75, 3.05) is 0 Å². The van der Waals surface area contributed by atoms with Crippen LogP contribution in [0, 0.1) is 0 Å². The first-order valence-electron chi connectivity index (χ1n) is 5.75. The highest BCUT2D eigenvalue weighted by atomic mass is 16.3. The van der Waals surface area contributed by atoms with E-state index in [0.29, 0.717) is 0 Å². The number of aliphatic hydroxyl groups excluding tert-OH is 1. The Morgan fingerprint density at radius 1 is 1.40 bits per heavy atom. The average molecular weight is 206 g/mol. The predicted molar refractivity (Wildman–Crippen MR) is 59.6 cm³/mol. The second kappa shape index (κ2) is 5.17. The van der Waals surface area contributed by atoms with E-state index in [1.807, 2.05) is 12.1 Å². The van der Waals surface area contributed by atoms with Crippen LogP contribution < -0.4 is 0 Å². The summed E-state index contributed by atoms with van der Waals surface area (Å²) in [6.07, 6.45) is 9.92. The molecular formula is C13H18O2. The molecule has 0 aromatic carbocycles. The molecule has 2 nitrogen and oxygen atoms in total. The van der Waals surface area contributed by atoms with E-state index < -0.39 is 0 Å². The molecule has 15 heavy (non-hydrogen) atoms. The number of allylic oxidation sites excluding steroid dienone is 1. The summed E-state index contributed by atoms with van der Waals surface area (Å²) >= 11 is 0. The molecule has 0 radical (unpaired) electrons. The van der Waals surface area contributed by atoms with Gasteiger partial charge in [-0.3, -0.25) is 0 Å². The van der Waals surface area contributed by atoms with Gasteiger partial charge in [-0.2, -0.15) is 0 Å². The smallest absolute Gasteiger partial charge is 0.103 e. The fourth-order valence-corrected chi connectivity index (χ4v) is 2.08. The highest BCUT2D eigenvalue weighted by Gasteiger charge is 2.13. The van der Waals surface area contributed by atoms with Gasteiger partial charge in [-0.25, -0.2) is 0 Å². The minimum absolute atomic E-state index is 0.268. The lowest BCUT2D eigenvalue weighted by atomic mass is 9.93. The van der Waals surface area contributed by atoms with E-state index in [1.54, 1.807) is 6.26 Å². The Kier molecular flexibility index (Phi) is 3.62. The molecule has 1 N–H and O–H groups in total. The van der Waals surface area contributed by atoms with Gasteiger partial charge in [-0.05, 0) is 49.8 Å². The van der Waals surface area contributed by atoms with Crippen molar-refractivity contribution in [2.24, 2.45) is 0 Å². The summed E-state index contributed by atoms with van der Waals surface area (Å²) in [6, 6.07) is 3.85. The Morgan fingerprint density at radius 3 is 3.00 bits per heavy atom. The average Bonchev–Trinajstić information content (AvgIpc) is 2.80. The van der Waals surface area contributed by atoms with E-state index in [4.69, 9.17) is 4.42 Å². The Bertz CT molecular complexity index is 311. The molecule has 0 aliphatic heterocycles. The zero-order valence-electron chi connectivity index (χ0n) is 8.98. The zero-order chi connectivity index (χ0) is 10.5. The maximum atomic E-state index is 9.96. The highest BCUT2D eigenvalue weighted by Crippen LogP contribution is 2.22. The first-order valence-corrected chi connectivity index (χ1v) is 5.75. The van der Waals surface area contributed by atoms with E-state index in [0.717, 1.165) is 31.4 Å². The van der Waals surface area contributed by atoms with E-state index >= 15 is 0 Å². The van der Waals surface area contributed by atoms with Gasteiger partial charge in [-0.1, -0.05) is 6.08 Å². The van der Waals surface area contributed by atoms with Gasteiger partial charge in [-0.15, -0.1) is 0 Å². The summed E-state index contributed by atoms with van der Waals surface area (Å²) in [5, 5.41) is 9.96. The standard InChI is InChI=1S/C13H18O2/c14-13(11-5-2-1-3-6-11)9-8-12-7-4-10-15-12/h4-5,7,10,13-14H,1-3,6,8-9H2. The van der Waals surface area contributed by atoms with Crippen LogP contribution in [-0.4, -0.2) is 11.2 Å². The van der Waals surface area contributed by atoms with Gasteiger partial charge < -0.3 is 9.52 Å². The lowest BCUT2D eigenvalue weighted by Gasteiger charge is -2.18. The van der Waals surface area contributed by atoms with Gasteiger partial charge in [0.15, 0.2) is 0 Å². The van der Waals surface area contributed by atoms with Crippen molar-refractivity contribution in [2.45, 2.75) is 44.6 Å². The third kappa shape index (κ3) is 2.96. The second-order valence-electron chi connectivity index (χ2n) is 4.16. The molecule has 1 aliphatic rings. The third-order valence-electron chi connectivity index (χ3n) is 3.00. The van der Waals surface area contributed by atoms with Crippen LogP contribution in [0.1, 0.15) is 37.9 Å². The molecule has 1 unspecified atom stereocenters. The minimum Gasteiger partial charge on any atom is -0.469 e. The molecule has 2 rings (SSSR count). The summed E-state index contributed by atoms with van der Waals surface area (Å²) in [4.78, 5) is 0. The topological polar surface area (TPSA) is 33.4 Å². The van der Waals surface area contributed by atoms with Crippen LogP contribution in [0.2, 0.25) is 0 Å². The number of aliphatic hydroxyl groups is 1. The molecule has 0 saturated heterocycles. The maximum Gasteiger partial charge on any atom is 0.103 e. The van der Waals surface area contributed by atoms with Crippen LogP contribution in [0.4, 0.5) is 0 Å². The van der Waals surface area contributed by atoms with Gasteiger partial charge in [0.1, 0.15) is 5.76 Å². The SMILES string of the molecule is OC(CCc1ccco1)C1=CCCCC1. The predicted octanol–water partition coefficient (Wildman–Crippen LogP) is 3.07. The molecule has 0 fully saturated rings. The number of hydrogen-bond donors (Lipinski definition) is 1. The molecule has 1 aromatic rings. The summed E-state index contributed by atoms with van der Waals surface area (Å²) < 4.78 is 5.24. The number of hydrogen-bond acceptors (Lipinski definition) is 2. The van der Waals surface area contributed by atoms with Crippen LogP contribution in [0.5, 0.6) is 0 Å². The summed E-state index contributed by atoms with van der Waals surface area (Å²) in [7, 11) is 0. The molecule has 1 aliphatic carbocycles. The van der Waals surface area contributed by atoms with Gasteiger partial charge in [0, 0.05) is 6.42 Å². The quantitative estimate of drug-likeness (QED) is 0.768. The number of furan rings is 1. The first kappa shape index (κ1) is 10.5. The molecule has 1 heterocycles. The molecule has 0 amide bonds. The monoisotopic (exact) mass is 206 g/mol. The highest BCUT2D eigenvalue weighted by molar-refractivity contribution is 5.11. The van der Waals surface area contributed by atoms with E-state index in [-0.39, 0.29) is 6.10 Å².